The van der Waals surface area contributed by atoms with Crippen LogP contribution in [-0.2, 0) is 6.42 Å². The topological polar surface area (TPSA) is 74.2 Å². The van der Waals surface area contributed by atoms with Crippen molar-refractivity contribution in [2.24, 2.45) is 0 Å². The zero-order valence-corrected chi connectivity index (χ0v) is 9.15. The Hall–Kier alpha value is -1.62. The fourth-order valence-electron chi connectivity index (χ4n) is 1.19. The summed E-state index contributed by atoms with van der Waals surface area (Å²) in [6.07, 6.45) is 3.03. The van der Waals surface area contributed by atoms with Gasteiger partial charge in [-0.25, -0.2) is 4.79 Å². The summed E-state index contributed by atoms with van der Waals surface area (Å²) in [4.78, 5) is 15.3. The maximum atomic E-state index is 11.2. The van der Waals surface area contributed by atoms with Crippen molar-refractivity contribution in [1.29, 1.82) is 0 Å². The first-order chi connectivity index (χ1) is 7.83. The third-order valence-electron chi connectivity index (χ3n) is 2.01. The molecule has 0 aliphatic heterocycles. The third kappa shape index (κ3) is 5.31. The van der Waals surface area contributed by atoms with Gasteiger partial charge in [-0.15, -0.1) is 0 Å². The van der Waals surface area contributed by atoms with Gasteiger partial charge in [0.1, 0.15) is 0 Å². The maximum absolute atomic E-state index is 11.2. The Balaban J connectivity index is 2.09. The number of urea groups is 1. The number of hydrogen-bond acceptors (Lipinski definition) is 3. The van der Waals surface area contributed by atoms with Crippen molar-refractivity contribution < 1.29 is 9.90 Å². The first kappa shape index (κ1) is 12.4. The van der Waals surface area contributed by atoms with E-state index in [9.17, 15) is 4.79 Å². The lowest BCUT2D eigenvalue weighted by Gasteiger charge is -2.06. The molecule has 0 saturated heterocycles. The number of hydrogen-bond donors (Lipinski definition) is 3. The van der Waals surface area contributed by atoms with Crippen molar-refractivity contribution in [3.05, 3.63) is 30.1 Å². The summed E-state index contributed by atoms with van der Waals surface area (Å²) in [6.45, 7) is 1.14. The fraction of sp³-hybridized carbons (Fsp3) is 0.455. The van der Waals surface area contributed by atoms with Crippen LogP contribution in [0.3, 0.4) is 0 Å². The predicted octanol–water partition coefficient (Wildman–Crippen LogP) is 0.306. The number of aliphatic hydroxyl groups excluding tert-OH is 1. The van der Waals surface area contributed by atoms with E-state index in [4.69, 9.17) is 5.11 Å². The number of pyridine rings is 1. The van der Waals surface area contributed by atoms with E-state index >= 15 is 0 Å². The Bertz CT molecular complexity index is 303. The Morgan fingerprint density at radius 3 is 2.81 bits per heavy atom. The van der Waals surface area contributed by atoms with E-state index in [1.807, 2.05) is 18.2 Å². The van der Waals surface area contributed by atoms with Crippen molar-refractivity contribution in [2.75, 3.05) is 19.7 Å². The molecule has 1 rings (SSSR count). The van der Waals surface area contributed by atoms with Gasteiger partial charge in [0.15, 0.2) is 0 Å². The maximum Gasteiger partial charge on any atom is 0.314 e. The van der Waals surface area contributed by atoms with E-state index in [1.54, 1.807) is 6.20 Å². The van der Waals surface area contributed by atoms with Crippen LogP contribution < -0.4 is 10.6 Å². The minimum atomic E-state index is -0.204. The van der Waals surface area contributed by atoms with Gasteiger partial charge in [0, 0.05) is 38.0 Å². The van der Waals surface area contributed by atoms with Crippen molar-refractivity contribution in [3.8, 4) is 0 Å². The van der Waals surface area contributed by atoms with E-state index in [1.165, 1.54) is 0 Å². The molecule has 3 N–H and O–H groups in total. The quantitative estimate of drug-likeness (QED) is 0.607. The van der Waals surface area contributed by atoms with Crippen molar-refractivity contribution in [1.82, 2.24) is 15.6 Å². The van der Waals surface area contributed by atoms with E-state index in [0.29, 0.717) is 25.9 Å². The smallest absolute Gasteiger partial charge is 0.314 e. The van der Waals surface area contributed by atoms with Crippen LogP contribution in [0.5, 0.6) is 0 Å². The lowest BCUT2D eigenvalue weighted by Crippen LogP contribution is -2.37. The molecule has 88 valence electrons. The molecule has 0 aliphatic rings. The molecule has 5 nitrogen and oxygen atoms in total. The molecule has 0 fully saturated rings. The molecular weight excluding hydrogens is 206 g/mol. The standard InChI is InChI=1S/C11H17N3O2/c15-9-3-7-13-11(16)14-8-5-10-4-1-2-6-12-10/h1-2,4,6,15H,3,5,7-9H2,(H2,13,14,16). The summed E-state index contributed by atoms with van der Waals surface area (Å²) in [6, 6.07) is 5.50. The minimum absolute atomic E-state index is 0.0915. The predicted molar refractivity (Wildman–Crippen MR) is 61.0 cm³/mol. The van der Waals surface area contributed by atoms with Crippen LogP contribution in [-0.4, -0.2) is 35.8 Å². The number of nitrogens with zero attached hydrogens (tertiary/aromatic N) is 1. The largest absolute Gasteiger partial charge is 0.396 e. The molecule has 2 amide bonds. The van der Waals surface area contributed by atoms with Crippen LogP contribution >= 0.6 is 0 Å². The first-order valence-corrected chi connectivity index (χ1v) is 5.35. The van der Waals surface area contributed by atoms with Crippen LogP contribution in [0.2, 0.25) is 0 Å². The zero-order chi connectivity index (χ0) is 11.6. The average Bonchev–Trinajstić information content (AvgIpc) is 2.31. The second kappa shape index (κ2) is 7.64. The fourth-order valence-corrected chi connectivity index (χ4v) is 1.19. The van der Waals surface area contributed by atoms with E-state index in [2.05, 4.69) is 15.6 Å². The number of nitrogens with one attached hydrogen (secondary N) is 2. The molecule has 1 aromatic heterocycles. The summed E-state index contributed by atoms with van der Waals surface area (Å²) in [5.74, 6) is 0. The van der Waals surface area contributed by atoms with E-state index in [-0.39, 0.29) is 12.6 Å². The van der Waals surface area contributed by atoms with Crippen molar-refractivity contribution >= 4 is 6.03 Å². The zero-order valence-electron chi connectivity index (χ0n) is 9.15. The molecule has 0 aromatic carbocycles. The van der Waals surface area contributed by atoms with Crippen LogP contribution in [0.15, 0.2) is 24.4 Å². The molecule has 1 aromatic rings. The SMILES string of the molecule is O=C(NCCCO)NCCc1ccccn1. The second-order valence-corrected chi connectivity index (χ2v) is 3.33. The molecule has 0 aliphatic carbocycles. The van der Waals surface area contributed by atoms with Crippen LogP contribution in [0.1, 0.15) is 12.1 Å². The van der Waals surface area contributed by atoms with Gasteiger partial charge in [-0.3, -0.25) is 4.98 Å². The average molecular weight is 223 g/mol. The van der Waals surface area contributed by atoms with Crippen molar-refractivity contribution in [2.45, 2.75) is 12.8 Å². The van der Waals surface area contributed by atoms with E-state index < -0.39 is 0 Å². The first-order valence-electron chi connectivity index (χ1n) is 5.35. The van der Waals surface area contributed by atoms with Gasteiger partial charge in [0.2, 0.25) is 0 Å². The molecule has 0 atom stereocenters. The number of carbonyl (C=O) groups is 1. The summed E-state index contributed by atoms with van der Waals surface area (Å²) in [5.41, 5.74) is 0.957. The molecular formula is C11H17N3O2. The van der Waals surface area contributed by atoms with Gasteiger partial charge in [-0.1, -0.05) is 6.07 Å². The molecule has 5 heteroatoms. The Kier molecular flexibility index (Phi) is 5.95. The van der Waals surface area contributed by atoms with Gasteiger partial charge in [0.25, 0.3) is 0 Å². The normalized spacial score (nSPS) is 9.81. The molecule has 0 unspecified atom stereocenters. The lowest BCUT2D eigenvalue weighted by molar-refractivity contribution is 0.238. The minimum Gasteiger partial charge on any atom is -0.396 e. The Morgan fingerprint density at radius 2 is 2.12 bits per heavy atom. The summed E-state index contributed by atoms with van der Waals surface area (Å²) in [7, 11) is 0. The van der Waals surface area contributed by atoms with Gasteiger partial charge in [0.05, 0.1) is 0 Å². The number of carbonyl (C=O) groups excluding carboxylic acids is 1. The number of aromatic nitrogens is 1. The van der Waals surface area contributed by atoms with Crippen LogP contribution in [0, 0.1) is 0 Å². The summed E-state index contributed by atoms with van der Waals surface area (Å²) in [5, 5.41) is 13.9. The molecule has 0 bridgehead atoms. The number of aliphatic hydroxyl groups is 1. The highest BCUT2D eigenvalue weighted by Crippen LogP contribution is 1.92. The third-order valence-corrected chi connectivity index (χ3v) is 2.01. The van der Waals surface area contributed by atoms with Gasteiger partial charge < -0.3 is 15.7 Å². The van der Waals surface area contributed by atoms with Gasteiger partial charge in [-0.05, 0) is 18.6 Å². The molecule has 0 spiro atoms. The van der Waals surface area contributed by atoms with Gasteiger partial charge >= 0.3 is 6.03 Å². The Labute approximate surface area is 94.9 Å². The molecule has 1 heterocycles. The highest BCUT2D eigenvalue weighted by atomic mass is 16.3. The highest BCUT2D eigenvalue weighted by molar-refractivity contribution is 5.73. The molecule has 16 heavy (non-hydrogen) atoms. The summed E-state index contributed by atoms with van der Waals surface area (Å²) >= 11 is 0. The number of amides is 2. The molecule has 0 radical (unpaired) electrons. The van der Waals surface area contributed by atoms with Crippen LogP contribution in [0.25, 0.3) is 0 Å². The summed E-state index contributed by atoms with van der Waals surface area (Å²) < 4.78 is 0. The monoisotopic (exact) mass is 223 g/mol. The molecule has 0 saturated carbocycles. The number of rotatable bonds is 6. The highest BCUT2D eigenvalue weighted by Gasteiger charge is 1.98. The Morgan fingerprint density at radius 1 is 1.31 bits per heavy atom. The van der Waals surface area contributed by atoms with E-state index in [0.717, 1.165) is 5.69 Å². The van der Waals surface area contributed by atoms with Crippen molar-refractivity contribution in [3.63, 3.8) is 0 Å². The second-order valence-electron chi connectivity index (χ2n) is 3.33. The lowest BCUT2D eigenvalue weighted by atomic mass is 10.3. The van der Waals surface area contributed by atoms with Gasteiger partial charge in [-0.2, -0.15) is 0 Å². The van der Waals surface area contributed by atoms with Crippen LogP contribution in [0.4, 0.5) is 4.79 Å².